The summed E-state index contributed by atoms with van der Waals surface area (Å²) >= 11 is 0. The average molecular weight is 287 g/mol. The van der Waals surface area contributed by atoms with Gasteiger partial charge in [0.05, 0.1) is 6.54 Å². The number of hydrogen-bond donors (Lipinski definition) is 3. The Morgan fingerprint density at radius 2 is 1.85 bits per heavy atom. The van der Waals surface area contributed by atoms with E-state index in [9.17, 15) is 14.4 Å². The van der Waals surface area contributed by atoms with Crippen molar-refractivity contribution in [3.63, 3.8) is 0 Å². The Kier molecular flexibility index (Phi) is 9.15. The van der Waals surface area contributed by atoms with Crippen LogP contribution >= 0.6 is 0 Å². The van der Waals surface area contributed by atoms with Crippen LogP contribution in [0.15, 0.2) is 0 Å². The van der Waals surface area contributed by atoms with Crippen molar-refractivity contribution >= 4 is 17.9 Å². The number of carboxylic acids is 1. The highest BCUT2D eigenvalue weighted by molar-refractivity contribution is 5.84. The molecule has 0 spiro atoms. The summed E-state index contributed by atoms with van der Waals surface area (Å²) in [6.07, 6.45) is 1.25. The Hall–Kier alpha value is -1.79. The summed E-state index contributed by atoms with van der Waals surface area (Å²) in [5.74, 6) is -1.11. The molecule has 0 aromatic rings. The lowest BCUT2D eigenvalue weighted by Gasteiger charge is -2.26. The maximum Gasteiger partial charge on any atom is 0.318 e. The molecule has 0 saturated heterocycles. The molecule has 116 valence electrons. The third kappa shape index (κ3) is 8.34. The van der Waals surface area contributed by atoms with Crippen LogP contribution in [0.25, 0.3) is 0 Å². The highest BCUT2D eigenvalue weighted by Gasteiger charge is 2.17. The van der Waals surface area contributed by atoms with Crippen molar-refractivity contribution in [1.82, 2.24) is 15.5 Å². The third-order valence-electron chi connectivity index (χ3n) is 2.65. The van der Waals surface area contributed by atoms with E-state index in [1.54, 1.807) is 0 Å². The molecule has 0 saturated carbocycles. The van der Waals surface area contributed by atoms with E-state index in [1.165, 1.54) is 4.90 Å². The van der Waals surface area contributed by atoms with Gasteiger partial charge in [0.1, 0.15) is 0 Å². The summed E-state index contributed by atoms with van der Waals surface area (Å²) in [4.78, 5) is 35.3. The van der Waals surface area contributed by atoms with E-state index in [2.05, 4.69) is 10.6 Å². The molecule has 3 N–H and O–H groups in total. The minimum absolute atomic E-state index is 0.0213. The third-order valence-corrected chi connectivity index (χ3v) is 2.65. The lowest BCUT2D eigenvalue weighted by atomic mass is 10.2. The first kappa shape index (κ1) is 18.2. The quantitative estimate of drug-likeness (QED) is 0.584. The van der Waals surface area contributed by atoms with Gasteiger partial charge in [0.15, 0.2) is 0 Å². The largest absolute Gasteiger partial charge is 0.481 e. The van der Waals surface area contributed by atoms with Crippen LogP contribution in [-0.2, 0) is 9.59 Å². The van der Waals surface area contributed by atoms with Crippen molar-refractivity contribution in [2.45, 2.75) is 46.1 Å². The van der Waals surface area contributed by atoms with Gasteiger partial charge in [0.25, 0.3) is 0 Å². The van der Waals surface area contributed by atoms with Gasteiger partial charge in [0.2, 0.25) is 5.91 Å². The second kappa shape index (κ2) is 10.1. The normalized spacial score (nSPS) is 10.2. The summed E-state index contributed by atoms with van der Waals surface area (Å²) in [6.45, 7) is 6.51. The van der Waals surface area contributed by atoms with E-state index < -0.39 is 5.97 Å². The Labute approximate surface area is 119 Å². The van der Waals surface area contributed by atoms with Crippen LogP contribution in [0, 0.1) is 0 Å². The maximum atomic E-state index is 11.9. The topological polar surface area (TPSA) is 98.7 Å². The molecule has 7 nitrogen and oxygen atoms in total. The fourth-order valence-electron chi connectivity index (χ4n) is 1.58. The summed E-state index contributed by atoms with van der Waals surface area (Å²) < 4.78 is 0. The number of carbonyl (C=O) groups is 3. The number of amides is 3. The van der Waals surface area contributed by atoms with Crippen LogP contribution < -0.4 is 10.6 Å². The first-order chi connectivity index (χ1) is 9.38. The van der Waals surface area contributed by atoms with Gasteiger partial charge in [-0.1, -0.05) is 6.92 Å². The van der Waals surface area contributed by atoms with E-state index >= 15 is 0 Å². The second-order valence-corrected chi connectivity index (χ2v) is 4.79. The average Bonchev–Trinajstić information content (AvgIpc) is 2.37. The van der Waals surface area contributed by atoms with E-state index in [-0.39, 0.29) is 30.9 Å². The highest BCUT2D eigenvalue weighted by Crippen LogP contribution is 2.02. The van der Waals surface area contributed by atoms with Crippen LogP contribution in [-0.4, -0.2) is 53.6 Å². The van der Waals surface area contributed by atoms with E-state index in [0.717, 1.165) is 6.42 Å². The second-order valence-electron chi connectivity index (χ2n) is 4.79. The Morgan fingerprint density at radius 3 is 2.35 bits per heavy atom. The lowest BCUT2D eigenvalue weighted by molar-refractivity contribution is -0.137. The highest BCUT2D eigenvalue weighted by atomic mass is 16.4. The van der Waals surface area contributed by atoms with Gasteiger partial charge in [-0.05, 0) is 26.7 Å². The number of nitrogens with zero attached hydrogens (tertiary/aromatic N) is 1. The predicted octanol–water partition coefficient (Wildman–Crippen LogP) is 0.797. The van der Waals surface area contributed by atoms with Crippen LogP contribution in [0.5, 0.6) is 0 Å². The van der Waals surface area contributed by atoms with Crippen LogP contribution in [0.1, 0.15) is 40.0 Å². The molecule has 0 rings (SSSR count). The van der Waals surface area contributed by atoms with Crippen molar-refractivity contribution in [2.24, 2.45) is 0 Å². The summed E-state index contributed by atoms with van der Waals surface area (Å²) in [7, 11) is 0. The zero-order valence-corrected chi connectivity index (χ0v) is 12.4. The molecule has 0 atom stereocenters. The molecule has 20 heavy (non-hydrogen) atoms. The van der Waals surface area contributed by atoms with Crippen molar-refractivity contribution in [3.05, 3.63) is 0 Å². The Bertz CT molecular complexity index is 332. The Morgan fingerprint density at radius 1 is 1.20 bits per heavy atom. The zero-order valence-electron chi connectivity index (χ0n) is 12.4. The van der Waals surface area contributed by atoms with Gasteiger partial charge in [0, 0.05) is 25.6 Å². The summed E-state index contributed by atoms with van der Waals surface area (Å²) in [5.41, 5.74) is 0. The SMILES string of the molecule is CCCNC(=O)CNC(=O)N(CCCC(=O)O)C(C)C. The number of nitrogens with one attached hydrogen (secondary N) is 2. The molecule has 0 unspecified atom stereocenters. The number of rotatable bonds is 9. The van der Waals surface area contributed by atoms with E-state index in [0.29, 0.717) is 19.5 Å². The van der Waals surface area contributed by atoms with Gasteiger partial charge in [-0.25, -0.2) is 4.79 Å². The fraction of sp³-hybridized carbons (Fsp3) is 0.769. The predicted molar refractivity (Wildman–Crippen MR) is 75.4 cm³/mol. The van der Waals surface area contributed by atoms with Gasteiger partial charge < -0.3 is 20.6 Å². The molecular weight excluding hydrogens is 262 g/mol. The molecule has 0 fully saturated rings. The van der Waals surface area contributed by atoms with Crippen LogP contribution in [0.2, 0.25) is 0 Å². The monoisotopic (exact) mass is 287 g/mol. The lowest BCUT2D eigenvalue weighted by Crippen LogP contribution is -2.47. The molecule has 0 radical (unpaired) electrons. The molecule has 0 bridgehead atoms. The molecule has 0 aliphatic rings. The van der Waals surface area contributed by atoms with Gasteiger partial charge in [-0.15, -0.1) is 0 Å². The molecule has 0 aliphatic heterocycles. The fourth-order valence-corrected chi connectivity index (χ4v) is 1.58. The Balaban J connectivity index is 4.15. The van der Waals surface area contributed by atoms with Gasteiger partial charge in [-0.2, -0.15) is 0 Å². The summed E-state index contributed by atoms with van der Waals surface area (Å²) in [5, 5.41) is 13.8. The number of carboxylic acid groups (broad SMARTS) is 1. The standard InChI is InChI=1S/C13H25N3O4/c1-4-7-14-11(17)9-15-13(20)16(10(2)3)8-5-6-12(18)19/h10H,4-9H2,1-3H3,(H,14,17)(H,15,20)(H,18,19). The molecule has 0 aromatic carbocycles. The van der Waals surface area contributed by atoms with Gasteiger partial charge in [-0.3, -0.25) is 9.59 Å². The zero-order chi connectivity index (χ0) is 15.5. The molecule has 7 heteroatoms. The number of aliphatic carboxylic acids is 1. The molecule has 3 amide bonds. The molecule has 0 aliphatic carbocycles. The van der Waals surface area contributed by atoms with Crippen LogP contribution in [0.4, 0.5) is 4.79 Å². The molecular formula is C13H25N3O4. The summed E-state index contributed by atoms with van der Waals surface area (Å²) in [6, 6.07) is -0.403. The maximum absolute atomic E-state index is 11.9. The van der Waals surface area contributed by atoms with Crippen LogP contribution in [0.3, 0.4) is 0 Å². The minimum Gasteiger partial charge on any atom is -0.481 e. The minimum atomic E-state index is -0.881. The first-order valence-corrected chi connectivity index (χ1v) is 6.91. The molecule has 0 heterocycles. The van der Waals surface area contributed by atoms with Crippen molar-refractivity contribution < 1.29 is 19.5 Å². The van der Waals surface area contributed by atoms with E-state index in [4.69, 9.17) is 5.11 Å². The van der Waals surface area contributed by atoms with Crippen molar-refractivity contribution in [3.8, 4) is 0 Å². The van der Waals surface area contributed by atoms with E-state index in [1.807, 2.05) is 20.8 Å². The number of carbonyl (C=O) groups excluding carboxylic acids is 2. The van der Waals surface area contributed by atoms with Crippen molar-refractivity contribution in [2.75, 3.05) is 19.6 Å². The smallest absolute Gasteiger partial charge is 0.318 e. The number of urea groups is 1. The molecule has 0 aromatic heterocycles. The van der Waals surface area contributed by atoms with Gasteiger partial charge >= 0.3 is 12.0 Å². The first-order valence-electron chi connectivity index (χ1n) is 6.91. The number of hydrogen-bond acceptors (Lipinski definition) is 3. The van der Waals surface area contributed by atoms with Crippen molar-refractivity contribution in [1.29, 1.82) is 0 Å².